The van der Waals surface area contributed by atoms with Crippen LogP contribution >= 0.6 is 0 Å². The van der Waals surface area contributed by atoms with E-state index < -0.39 is 0 Å². The highest BCUT2D eigenvalue weighted by Gasteiger charge is 2.05. The van der Waals surface area contributed by atoms with E-state index in [0.717, 1.165) is 33.8 Å². The van der Waals surface area contributed by atoms with Gasteiger partial charge in [-0.3, -0.25) is 0 Å². The van der Waals surface area contributed by atoms with Crippen LogP contribution in [0.3, 0.4) is 0 Å². The zero-order chi connectivity index (χ0) is 16.4. The predicted molar refractivity (Wildman–Crippen MR) is 92.9 cm³/mol. The van der Waals surface area contributed by atoms with Gasteiger partial charge in [0.25, 0.3) is 0 Å². The third kappa shape index (κ3) is 2.65. The number of hydrogen-bond acceptors (Lipinski definition) is 5. The summed E-state index contributed by atoms with van der Waals surface area (Å²) in [6.45, 7) is 0. The predicted octanol–water partition coefficient (Wildman–Crippen LogP) is 3.57. The molecule has 2 aromatic carbocycles. The van der Waals surface area contributed by atoms with E-state index in [0.29, 0.717) is 0 Å². The monoisotopic (exact) mass is 317 g/mol. The molecule has 0 saturated carbocycles. The smallest absolute Gasteiger partial charge is 0.141 e. The standard InChI is InChI=1S/C18H15N5O/c1-24-15-6-7-16-17(10-15)20-11-21-18(16)22-13-2-4-14(5-3-13)23-9-8-19-12-23/h2-12H,1H3,(H,20,21,22). The van der Waals surface area contributed by atoms with Crippen LogP contribution in [0.2, 0.25) is 0 Å². The molecule has 24 heavy (non-hydrogen) atoms. The summed E-state index contributed by atoms with van der Waals surface area (Å²) in [7, 11) is 1.64. The first kappa shape index (κ1) is 14.2. The molecule has 0 atom stereocenters. The van der Waals surface area contributed by atoms with Crippen LogP contribution < -0.4 is 10.1 Å². The molecule has 0 aliphatic heterocycles. The van der Waals surface area contributed by atoms with Gasteiger partial charge in [0.1, 0.15) is 17.9 Å². The maximum Gasteiger partial charge on any atom is 0.141 e. The Labute approximate surface area is 138 Å². The van der Waals surface area contributed by atoms with Crippen LogP contribution in [0.25, 0.3) is 16.6 Å². The average molecular weight is 317 g/mol. The first-order valence-electron chi connectivity index (χ1n) is 7.48. The number of nitrogens with zero attached hydrogens (tertiary/aromatic N) is 4. The average Bonchev–Trinajstić information content (AvgIpc) is 3.17. The number of anilines is 2. The first-order valence-corrected chi connectivity index (χ1v) is 7.48. The molecule has 0 spiro atoms. The molecule has 0 aliphatic rings. The summed E-state index contributed by atoms with van der Waals surface area (Å²) in [5.41, 5.74) is 2.84. The summed E-state index contributed by atoms with van der Waals surface area (Å²) in [6, 6.07) is 13.8. The van der Waals surface area contributed by atoms with Crippen molar-refractivity contribution in [2.75, 3.05) is 12.4 Å². The molecule has 0 aliphatic carbocycles. The SMILES string of the molecule is COc1ccc2c(Nc3ccc(-n4ccnc4)cc3)ncnc2c1. The number of ether oxygens (including phenoxy) is 1. The van der Waals surface area contributed by atoms with Gasteiger partial charge in [-0.05, 0) is 36.4 Å². The lowest BCUT2D eigenvalue weighted by atomic mass is 10.2. The van der Waals surface area contributed by atoms with Gasteiger partial charge in [-0.25, -0.2) is 15.0 Å². The number of rotatable bonds is 4. The van der Waals surface area contributed by atoms with Crippen LogP contribution in [0.5, 0.6) is 5.75 Å². The van der Waals surface area contributed by atoms with Crippen molar-refractivity contribution in [2.45, 2.75) is 0 Å². The maximum atomic E-state index is 5.24. The summed E-state index contributed by atoms with van der Waals surface area (Å²) < 4.78 is 7.20. The zero-order valence-electron chi connectivity index (χ0n) is 13.0. The van der Waals surface area contributed by atoms with E-state index in [4.69, 9.17) is 4.74 Å². The lowest BCUT2D eigenvalue weighted by Gasteiger charge is -2.10. The van der Waals surface area contributed by atoms with E-state index in [9.17, 15) is 0 Å². The fourth-order valence-electron chi connectivity index (χ4n) is 2.53. The molecule has 118 valence electrons. The van der Waals surface area contributed by atoms with Crippen LogP contribution in [-0.2, 0) is 0 Å². The second-order valence-corrected chi connectivity index (χ2v) is 5.25. The van der Waals surface area contributed by atoms with Crippen LogP contribution in [0.15, 0.2) is 67.5 Å². The van der Waals surface area contributed by atoms with E-state index in [2.05, 4.69) is 20.3 Å². The molecule has 0 fully saturated rings. The number of nitrogens with one attached hydrogen (secondary N) is 1. The van der Waals surface area contributed by atoms with Gasteiger partial charge in [0.15, 0.2) is 0 Å². The Hall–Kier alpha value is -3.41. The first-order chi connectivity index (χ1) is 11.8. The molecule has 0 bridgehead atoms. The van der Waals surface area contributed by atoms with E-state index in [1.54, 1.807) is 26.0 Å². The molecule has 4 rings (SSSR count). The normalized spacial score (nSPS) is 10.7. The lowest BCUT2D eigenvalue weighted by Crippen LogP contribution is -1.97. The molecule has 1 N–H and O–H groups in total. The molecule has 4 aromatic rings. The van der Waals surface area contributed by atoms with Crippen molar-refractivity contribution >= 4 is 22.4 Å². The van der Waals surface area contributed by atoms with Gasteiger partial charge in [-0.2, -0.15) is 0 Å². The molecule has 2 aromatic heterocycles. The van der Waals surface area contributed by atoms with Gasteiger partial charge in [-0.1, -0.05) is 0 Å². The molecule has 0 amide bonds. The minimum Gasteiger partial charge on any atom is -0.497 e. The molecule has 2 heterocycles. The van der Waals surface area contributed by atoms with Crippen molar-refractivity contribution in [3.8, 4) is 11.4 Å². The Bertz CT molecular complexity index is 965. The zero-order valence-corrected chi connectivity index (χ0v) is 13.0. The summed E-state index contributed by atoms with van der Waals surface area (Å²) in [4.78, 5) is 12.7. The Balaban J connectivity index is 1.64. The summed E-state index contributed by atoms with van der Waals surface area (Å²) in [6.07, 6.45) is 6.99. The summed E-state index contributed by atoms with van der Waals surface area (Å²) >= 11 is 0. The highest BCUT2D eigenvalue weighted by atomic mass is 16.5. The number of benzene rings is 2. The number of aromatic nitrogens is 4. The number of imidazole rings is 1. The van der Waals surface area contributed by atoms with Crippen LogP contribution in [0.1, 0.15) is 0 Å². The number of fused-ring (bicyclic) bond motifs is 1. The number of hydrogen-bond donors (Lipinski definition) is 1. The Morgan fingerprint density at radius 3 is 2.67 bits per heavy atom. The lowest BCUT2D eigenvalue weighted by molar-refractivity contribution is 0.415. The molecular weight excluding hydrogens is 302 g/mol. The van der Waals surface area contributed by atoms with Crippen molar-refractivity contribution < 1.29 is 4.74 Å². The van der Waals surface area contributed by atoms with E-state index in [-0.39, 0.29) is 0 Å². The van der Waals surface area contributed by atoms with Gasteiger partial charge in [0.05, 0.1) is 19.0 Å². The van der Waals surface area contributed by atoms with Gasteiger partial charge in [0.2, 0.25) is 0 Å². The van der Waals surface area contributed by atoms with E-state index in [1.807, 2.05) is 53.2 Å². The number of methoxy groups -OCH3 is 1. The molecule has 0 unspecified atom stereocenters. The third-order valence-electron chi connectivity index (χ3n) is 3.78. The largest absolute Gasteiger partial charge is 0.497 e. The van der Waals surface area contributed by atoms with Gasteiger partial charge >= 0.3 is 0 Å². The maximum absolute atomic E-state index is 5.24. The van der Waals surface area contributed by atoms with E-state index >= 15 is 0 Å². The Morgan fingerprint density at radius 1 is 1.04 bits per heavy atom. The molecule has 6 heteroatoms. The highest BCUT2D eigenvalue weighted by molar-refractivity contribution is 5.91. The quantitative estimate of drug-likeness (QED) is 0.623. The molecule has 0 saturated heterocycles. The third-order valence-corrected chi connectivity index (χ3v) is 3.78. The molecule has 0 radical (unpaired) electrons. The fourth-order valence-corrected chi connectivity index (χ4v) is 2.53. The van der Waals surface area contributed by atoms with Crippen molar-refractivity contribution in [1.29, 1.82) is 0 Å². The Kier molecular flexibility index (Phi) is 3.55. The minimum atomic E-state index is 0.762. The highest BCUT2D eigenvalue weighted by Crippen LogP contribution is 2.26. The second-order valence-electron chi connectivity index (χ2n) is 5.25. The second kappa shape index (κ2) is 6.00. The summed E-state index contributed by atoms with van der Waals surface area (Å²) in [5.74, 6) is 1.54. The van der Waals surface area contributed by atoms with Crippen LogP contribution in [-0.4, -0.2) is 26.6 Å². The van der Waals surface area contributed by atoms with E-state index in [1.165, 1.54) is 0 Å². The van der Waals surface area contributed by atoms with Gasteiger partial charge in [-0.15, -0.1) is 0 Å². The van der Waals surface area contributed by atoms with Crippen molar-refractivity contribution in [2.24, 2.45) is 0 Å². The molecular formula is C18H15N5O. The van der Waals surface area contributed by atoms with Crippen molar-refractivity contribution in [3.05, 3.63) is 67.5 Å². The van der Waals surface area contributed by atoms with Crippen molar-refractivity contribution in [3.63, 3.8) is 0 Å². The van der Waals surface area contributed by atoms with Gasteiger partial charge in [0, 0.05) is 35.2 Å². The van der Waals surface area contributed by atoms with Crippen LogP contribution in [0, 0.1) is 0 Å². The van der Waals surface area contributed by atoms with Crippen LogP contribution in [0.4, 0.5) is 11.5 Å². The summed E-state index contributed by atoms with van der Waals surface area (Å²) in [5, 5.41) is 4.28. The van der Waals surface area contributed by atoms with Gasteiger partial charge < -0.3 is 14.6 Å². The fraction of sp³-hybridized carbons (Fsp3) is 0.0556. The van der Waals surface area contributed by atoms with Crippen molar-refractivity contribution in [1.82, 2.24) is 19.5 Å². The minimum absolute atomic E-state index is 0.762. The molecule has 6 nitrogen and oxygen atoms in total. The Morgan fingerprint density at radius 2 is 1.92 bits per heavy atom. The topological polar surface area (TPSA) is 64.9 Å².